The Kier molecular flexibility index (Phi) is 5.19. The molecule has 0 aliphatic carbocycles. The number of hydrogen-bond donors (Lipinski definition) is 1. The van der Waals surface area contributed by atoms with E-state index in [1.54, 1.807) is 6.07 Å². The van der Waals surface area contributed by atoms with Gasteiger partial charge in [0.25, 0.3) is 0 Å². The molecule has 0 amide bonds. The molecule has 2 nitrogen and oxygen atoms in total. The van der Waals surface area contributed by atoms with Crippen LogP contribution in [0.3, 0.4) is 0 Å². The molecule has 0 bridgehead atoms. The van der Waals surface area contributed by atoms with Gasteiger partial charge in [-0.05, 0) is 32.6 Å². The summed E-state index contributed by atoms with van der Waals surface area (Å²) in [7, 11) is 4.04. The zero-order valence-electron chi connectivity index (χ0n) is 9.93. The standard InChI is InChI=1S/C12H18ClFN2/c1-9(8-16(2)3)15-7-10-5-4-6-11(14)12(10)13/h4-6,9,15H,7-8H2,1-3H3. The van der Waals surface area contributed by atoms with E-state index in [1.807, 2.05) is 20.2 Å². The lowest BCUT2D eigenvalue weighted by molar-refractivity contribution is 0.349. The fourth-order valence-electron chi connectivity index (χ4n) is 1.58. The largest absolute Gasteiger partial charge is 0.309 e. The lowest BCUT2D eigenvalue weighted by Gasteiger charge is -2.18. The number of likely N-dealkylation sites (N-methyl/N-ethyl adjacent to an activating group) is 1. The molecule has 1 aromatic carbocycles. The maximum Gasteiger partial charge on any atom is 0.142 e. The van der Waals surface area contributed by atoms with Crippen LogP contribution >= 0.6 is 11.6 Å². The van der Waals surface area contributed by atoms with E-state index in [2.05, 4.69) is 17.1 Å². The molecule has 0 spiro atoms. The van der Waals surface area contributed by atoms with Crippen LogP contribution in [-0.4, -0.2) is 31.6 Å². The SMILES string of the molecule is CC(CN(C)C)NCc1cccc(F)c1Cl. The van der Waals surface area contributed by atoms with Crippen LogP contribution in [0.25, 0.3) is 0 Å². The monoisotopic (exact) mass is 244 g/mol. The minimum absolute atomic E-state index is 0.215. The fourth-order valence-corrected chi connectivity index (χ4v) is 1.77. The smallest absolute Gasteiger partial charge is 0.142 e. The second kappa shape index (κ2) is 6.18. The van der Waals surface area contributed by atoms with Crippen molar-refractivity contribution < 1.29 is 4.39 Å². The van der Waals surface area contributed by atoms with Crippen LogP contribution in [-0.2, 0) is 6.54 Å². The molecular formula is C12H18ClFN2. The lowest BCUT2D eigenvalue weighted by Crippen LogP contribution is -2.35. The highest BCUT2D eigenvalue weighted by molar-refractivity contribution is 6.31. The van der Waals surface area contributed by atoms with Crippen LogP contribution in [0.4, 0.5) is 4.39 Å². The summed E-state index contributed by atoms with van der Waals surface area (Å²) < 4.78 is 13.1. The van der Waals surface area contributed by atoms with Gasteiger partial charge in [-0.2, -0.15) is 0 Å². The molecule has 0 saturated carbocycles. The zero-order valence-corrected chi connectivity index (χ0v) is 10.7. The Morgan fingerprint density at radius 1 is 1.44 bits per heavy atom. The quantitative estimate of drug-likeness (QED) is 0.856. The Hall–Kier alpha value is -0.640. The molecule has 1 atom stereocenters. The minimum atomic E-state index is -0.360. The van der Waals surface area contributed by atoms with Crippen molar-refractivity contribution in [2.75, 3.05) is 20.6 Å². The predicted molar refractivity (Wildman–Crippen MR) is 66.3 cm³/mol. The van der Waals surface area contributed by atoms with Gasteiger partial charge in [-0.1, -0.05) is 23.7 Å². The van der Waals surface area contributed by atoms with Crippen LogP contribution in [0.15, 0.2) is 18.2 Å². The van der Waals surface area contributed by atoms with Gasteiger partial charge in [0.2, 0.25) is 0 Å². The molecule has 1 unspecified atom stereocenters. The highest BCUT2D eigenvalue weighted by Gasteiger charge is 2.07. The Balaban J connectivity index is 2.51. The van der Waals surface area contributed by atoms with E-state index in [-0.39, 0.29) is 10.8 Å². The van der Waals surface area contributed by atoms with Crippen molar-refractivity contribution in [2.45, 2.75) is 19.5 Å². The maximum absolute atomic E-state index is 13.1. The van der Waals surface area contributed by atoms with Gasteiger partial charge >= 0.3 is 0 Å². The topological polar surface area (TPSA) is 15.3 Å². The summed E-state index contributed by atoms with van der Waals surface area (Å²) in [5, 5.41) is 3.52. The third-order valence-corrected chi connectivity index (χ3v) is 2.73. The normalized spacial score (nSPS) is 13.1. The van der Waals surface area contributed by atoms with Crippen molar-refractivity contribution in [2.24, 2.45) is 0 Å². The molecule has 4 heteroatoms. The first-order chi connectivity index (χ1) is 7.50. The first-order valence-electron chi connectivity index (χ1n) is 5.31. The molecule has 1 N–H and O–H groups in total. The first kappa shape index (κ1) is 13.4. The van der Waals surface area contributed by atoms with E-state index < -0.39 is 0 Å². The highest BCUT2D eigenvalue weighted by atomic mass is 35.5. The second-order valence-electron chi connectivity index (χ2n) is 4.26. The van der Waals surface area contributed by atoms with Crippen LogP contribution in [0.1, 0.15) is 12.5 Å². The zero-order chi connectivity index (χ0) is 12.1. The average Bonchev–Trinajstić information content (AvgIpc) is 2.19. The highest BCUT2D eigenvalue weighted by Crippen LogP contribution is 2.19. The predicted octanol–water partition coefficient (Wildman–Crippen LogP) is 2.52. The van der Waals surface area contributed by atoms with Gasteiger partial charge in [-0.15, -0.1) is 0 Å². The van der Waals surface area contributed by atoms with Crippen molar-refractivity contribution in [3.8, 4) is 0 Å². The van der Waals surface area contributed by atoms with Crippen molar-refractivity contribution in [3.63, 3.8) is 0 Å². The van der Waals surface area contributed by atoms with Crippen LogP contribution in [0.2, 0.25) is 5.02 Å². The number of rotatable bonds is 5. The van der Waals surface area contributed by atoms with Crippen LogP contribution in [0, 0.1) is 5.82 Å². The van der Waals surface area contributed by atoms with E-state index in [0.717, 1.165) is 12.1 Å². The summed E-state index contributed by atoms with van der Waals surface area (Å²) in [6, 6.07) is 5.22. The van der Waals surface area contributed by atoms with Crippen molar-refractivity contribution >= 4 is 11.6 Å². The van der Waals surface area contributed by atoms with Gasteiger partial charge in [-0.25, -0.2) is 4.39 Å². The lowest BCUT2D eigenvalue weighted by atomic mass is 10.2. The van der Waals surface area contributed by atoms with Crippen molar-refractivity contribution in [1.29, 1.82) is 0 Å². The van der Waals surface area contributed by atoms with E-state index in [1.165, 1.54) is 6.07 Å². The molecular weight excluding hydrogens is 227 g/mol. The molecule has 0 saturated heterocycles. The van der Waals surface area contributed by atoms with Gasteiger partial charge in [-0.3, -0.25) is 0 Å². The Labute approximate surface area is 101 Å². The van der Waals surface area contributed by atoms with Crippen molar-refractivity contribution in [1.82, 2.24) is 10.2 Å². The molecule has 0 radical (unpaired) electrons. The summed E-state index contributed by atoms with van der Waals surface area (Å²) >= 11 is 5.86. The summed E-state index contributed by atoms with van der Waals surface area (Å²) in [5.74, 6) is -0.360. The number of benzene rings is 1. The summed E-state index contributed by atoms with van der Waals surface area (Å²) in [5.41, 5.74) is 0.798. The third-order valence-electron chi connectivity index (χ3n) is 2.31. The second-order valence-corrected chi connectivity index (χ2v) is 4.64. The van der Waals surface area contributed by atoms with Gasteiger partial charge < -0.3 is 10.2 Å². The van der Waals surface area contributed by atoms with E-state index >= 15 is 0 Å². The third kappa shape index (κ3) is 4.08. The van der Waals surface area contributed by atoms with E-state index in [9.17, 15) is 4.39 Å². The van der Waals surface area contributed by atoms with E-state index in [0.29, 0.717) is 12.6 Å². The summed E-state index contributed by atoms with van der Waals surface area (Å²) in [6.45, 7) is 3.62. The fraction of sp³-hybridized carbons (Fsp3) is 0.500. The first-order valence-corrected chi connectivity index (χ1v) is 5.69. The maximum atomic E-state index is 13.1. The van der Waals surface area contributed by atoms with Crippen molar-refractivity contribution in [3.05, 3.63) is 34.6 Å². The van der Waals surface area contributed by atoms with Gasteiger partial charge in [0, 0.05) is 19.1 Å². The van der Waals surface area contributed by atoms with E-state index in [4.69, 9.17) is 11.6 Å². The molecule has 0 aliphatic rings. The summed E-state index contributed by atoms with van der Waals surface area (Å²) in [4.78, 5) is 2.10. The molecule has 0 aromatic heterocycles. The molecule has 0 aliphatic heterocycles. The molecule has 90 valence electrons. The molecule has 16 heavy (non-hydrogen) atoms. The van der Waals surface area contributed by atoms with Gasteiger partial charge in [0.15, 0.2) is 0 Å². The minimum Gasteiger partial charge on any atom is -0.309 e. The number of nitrogens with zero attached hydrogens (tertiary/aromatic N) is 1. The molecule has 0 fully saturated rings. The number of halogens is 2. The van der Waals surface area contributed by atoms with Gasteiger partial charge in [0.1, 0.15) is 5.82 Å². The Morgan fingerprint density at radius 3 is 2.75 bits per heavy atom. The Bertz CT molecular complexity index is 342. The molecule has 0 heterocycles. The van der Waals surface area contributed by atoms with Crippen LogP contribution in [0.5, 0.6) is 0 Å². The molecule has 1 rings (SSSR count). The number of hydrogen-bond acceptors (Lipinski definition) is 2. The average molecular weight is 245 g/mol. The van der Waals surface area contributed by atoms with Crippen LogP contribution < -0.4 is 5.32 Å². The summed E-state index contributed by atoms with van der Waals surface area (Å²) in [6.07, 6.45) is 0. The van der Waals surface area contributed by atoms with Gasteiger partial charge in [0.05, 0.1) is 5.02 Å². The number of nitrogens with one attached hydrogen (secondary N) is 1. The Morgan fingerprint density at radius 2 is 2.12 bits per heavy atom. The molecule has 1 aromatic rings.